The normalized spacial score (nSPS) is 30.6. The Kier molecular flexibility index (Phi) is 3.89. The molecule has 3 atom stereocenters. The van der Waals surface area contributed by atoms with Gasteiger partial charge in [-0.15, -0.1) is 0 Å². The molecule has 0 N–H and O–H groups in total. The van der Waals surface area contributed by atoms with E-state index in [-0.39, 0.29) is 22.8 Å². The van der Waals surface area contributed by atoms with Crippen LogP contribution in [0.3, 0.4) is 0 Å². The second kappa shape index (κ2) is 5.71. The first kappa shape index (κ1) is 15.0. The van der Waals surface area contributed by atoms with E-state index in [9.17, 15) is 14.9 Å². The second-order valence-corrected chi connectivity index (χ2v) is 6.69. The number of para-hydroxylation sites is 1. The number of hydrogen-bond donors (Lipinski definition) is 0. The van der Waals surface area contributed by atoms with Crippen molar-refractivity contribution in [2.75, 3.05) is 0 Å². The number of fused-ring (bicyclic) bond motifs is 1. The molecule has 1 aromatic rings. The summed E-state index contributed by atoms with van der Waals surface area (Å²) < 4.78 is 5.72. The lowest BCUT2D eigenvalue weighted by molar-refractivity contribution is -0.385. The van der Waals surface area contributed by atoms with Gasteiger partial charge in [0.1, 0.15) is 11.7 Å². The summed E-state index contributed by atoms with van der Waals surface area (Å²) >= 11 is 0. The number of hydrogen-bond acceptors (Lipinski definition) is 4. The summed E-state index contributed by atoms with van der Waals surface area (Å²) in [6, 6.07) is 6.00. The maximum atomic E-state index is 12.4. The molecule has 5 heteroatoms. The summed E-state index contributed by atoms with van der Waals surface area (Å²) in [5.41, 5.74) is -0.0940. The Morgan fingerprint density at radius 3 is 2.82 bits per heavy atom. The largest absolute Gasteiger partial charge is 0.458 e. The molecule has 0 amide bonds. The molecule has 5 nitrogen and oxygen atoms in total. The molecule has 0 heterocycles. The molecule has 3 rings (SSSR count). The van der Waals surface area contributed by atoms with Gasteiger partial charge in [-0.3, -0.25) is 10.1 Å². The molecule has 22 heavy (non-hydrogen) atoms. The minimum atomic E-state index is -0.565. The van der Waals surface area contributed by atoms with Gasteiger partial charge in [-0.1, -0.05) is 31.9 Å². The van der Waals surface area contributed by atoms with Crippen LogP contribution in [0.15, 0.2) is 24.3 Å². The van der Waals surface area contributed by atoms with Gasteiger partial charge in [0.05, 0.1) is 4.92 Å². The lowest BCUT2D eigenvalue weighted by atomic mass is 9.68. The summed E-state index contributed by atoms with van der Waals surface area (Å²) in [5, 5.41) is 11.1. The number of esters is 1. The number of carbonyl (C=O) groups excluding carboxylic acids is 1. The maximum Gasteiger partial charge on any atom is 0.345 e. The molecule has 0 aliphatic heterocycles. The first-order valence-electron chi connectivity index (χ1n) is 7.97. The third-order valence-electron chi connectivity index (χ3n) is 5.53. The quantitative estimate of drug-likeness (QED) is 0.478. The average molecular weight is 303 g/mol. The van der Waals surface area contributed by atoms with E-state index < -0.39 is 10.9 Å². The van der Waals surface area contributed by atoms with E-state index in [0.717, 1.165) is 19.3 Å². The van der Waals surface area contributed by atoms with E-state index in [2.05, 4.69) is 6.92 Å². The lowest BCUT2D eigenvalue weighted by Gasteiger charge is -2.39. The second-order valence-electron chi connectivity index (χ2n) is 6.69. The number of nitrogens with zero attached hydrogens (tertiary/aromatic N) is 1. The van der Waals surface area contributed by atoms with E-state index in [1.54, 1.807) is 12.1 Å². The number of nitro groups is 1. The molecule has 2 aliphatic rings. The number of rotatable bonds is 3. The number of carbonyl (C=O) groups is 1. The lowest BCUT2D eigenvalue weighted by Crippen LogP contribution is -2.38. The Morgan fingerprint density at radius 2 is 2.05 bits per heavy atom. The highest BCUT2D eigenvalue weighted by atomic mass is 16.6. The van der Waals surface area contributed by atoms with Crippen LogP contribution >= 0.6 is 0 Å². The minimum absolute atomic E-state index is 0.0392. The maximum absolute atomic E-state index is 12.4. The topological polar surface area (TPSA) is 69.4 Å². The molecular formula is C17H21NO4. The van der Waals surface area contributed by atoms with Crippen LogP contribution in [0.5, 0.6) is 0 Å². The molecule has 1 aromatic carbocycles. The molecule has 0 bridgehead atoms. The zero-order valence-electron chi connectivity index (χ0n) is 12.8. The van der Waals surface area contributed by atoms with Crippen LogP contribution in [-0.2, 0) is 4.74 Å². The molecular weight excluding hydrogens is 282 g/mol. The zero-order chi connectivity index (χ0) is 15.7. The number of nitro benzene ring substituents is 1. The molecule has 2 saturated carbocycles. The van der Waals surface area contributed by atoms with Crippen molar-refractivity contribution < 1.29 is 14.5 Å². The van der Waals surface area contributed by atoms with E-state index in [1.807, 2.05) is 0 Å². The Morgan fingerprint density at radius 1 is 1.27 bits per heavy atom. The van der Waals surface area contributed by atoms with Gasteiger partial charge in [0.2, 0.25) is 0 Å². The summed E-state index contributed by atoms with van der Waals surface area (Å²) in [6.45, 7) is 2.21. The molecule has 2 aliphatic carbocycles. The van der Waals surface area contributed by atoms with Crippen molar-refractivity contribution in [2.45, 2.75) is 51.6 Å². The van der Waals surface area contributed by atoms with Crippen LogP contribution in [-0.4, -0.2) is 17.0 Å². The SMILES string of the molecule is C[C@]12CCCC[C@@H]1CC[C@@H]2OC(=O)c1ccccc1[N+](=O)[O-]. The fraction of sp³-hybridized carbons (Fsp3) is 0.588. The molecule has 118 valence electrons. The number of benzene rings is 1. The summed E-state index contributed by atoms with van der Waals surface area (Å²) in [4.78, 5) is 22.9. The van der Waals surface area contributed by atoms with Gasteiger partial charge < -0.3 is 4.74 Å². The summed E-state index contributed by atoms with van der Waals surface area (Å²) in [7, 11) is 0. The Balaban J connectivity index is 1.79. The van der Waals surface area contributed by atoms with Crippen molar-refractivity contribution in [1.29, 1.82) is 0 Å². The summed E-state index contributed by atoms with van der Waals surface area (Å²) in [5.74, 6) is 0.0505. The Hall–Kier alpha value is -1.91. The van der Waals surface area contributed by atoms with Gasteiger partial charge in [0.25, 0.3) is 5.69 Å². The van der Waals surface area contributed by atoms with Crippen molar-refractivity contribution in [3.8, 4) is 0 Å². The van der Waals surface area contributed by atoms with Crippen LogP contribution in [0.4, 0.5) is 5.69 Å². The van der Waals surface area contributed by atoms with Crippen LogP contribution in [0, 0.1) is 21.4 Å². The van der Waals surface area contributed by atoms with Crippen molar-refractivity contribution in [1.82, 2.24) is 0 Å². The smallest absolute Gasteiger partial charge is 0.345 e. The van der Waals surface area contributed by atoms with E-state index >= 15 is 0 Å². The Labute approximate surface area is 129 Å². The standard InChI is InChI=1S/C17H21NO4/c1-17-11-5-4-6-12(17)9-10-15(17)22-16(19)13-7-2-3-8-14(13)18(20)21/h2-3,7-8,12,15H,4-6,9-11H2,1H3/t12-,15+,17+/m1/s1. The molecule has 0 radical (unpaired) electrons. The van der Waals surface area contributed by atoms with Gasteiger partial charge >= 0.3 is 5.97 Å². The predicted octanol–water partition coefficient (Wildman–Crippen LogP) is 4.11. The minimum Gasteiger partial charge on any atom is -0.458 e. The van der Waals surface area contributed by atoms with Crippen LogP contribution in [0.1, 0.15) is 55.8 Å². The summed E-state index contributed by atoms with van der Waals surface area (Å²) in [6.07, 6.45) is 6.55. The van der Waals surface area contributed by atoms with Crippen molar-refractivity contribution >= 4 is 11.7 Å². The highest BCUT2D eigenvalue weighted by molar-refractivity contribution is 5.94. The first-order valence-corrected chi connectivity index (χ1v) is 7.97. The fourth-order valence-electron chi connectivity index (χ4n) is 4.20. The van der Waals surface area contributed by atoms with Crippen LogP contribution in [0.2, 0.25) is 0 Å². The predicted molar refractivity (Wildman–Crippen MR) is 81.6 cm³/mol. The van der Waals surface area contributed by atoms with Gasteiger partial charge in [-0.05, 0) is 37.7 Å². The van der Waals surface area contributed by atoms with Crippen LogP contribution in [0.25, 0.3) is 0 Å². The fourth-order valence-corrected chi connectivity index (χ4v) is 4.20. The van der Waals surface area contributed by atoms with Gasteiger partial charge in [0, 0.05) is 11.5 Å². The Bertz CT molecular complexity index is 600. The van der Waals surface area contributed by atoms with Crippen molar-refractivity contribution in [3.63, 3.8) is 0 Å². The highest BCUT2D eigenvalue weighted by Crippen LogP contribution is 2.53. The third kappa shape index (κ3) is 2.49. The molecule has 0 unspecified atom stereocenters. The van der Waals surface area contributed by atoms with E-state index in [4.69, 9.17) is 4.74 Å². The third-order valence-corrected chi connectivity index (χ3v) is 5.53. The molecule has 2 fully saturated rings. The van der Waals surface area contributed by atoms with Gasteiger partial charge in [-0.2, -0.15) is 0 Å². The van der Waals surface area contributed by atoms with Gasteiger partial charge in [-0.25, -0.2) is 4.79 Å². The number of ether oxygens (including phenoxy) is 1. The van der Waals surface area contributed by atoms with Crippen LogP contribution < -0.4 is 0 Å². The van der Waals surface area contributed by atoms with Crippen molar-refractivity contribution in [2.24, 2.45) is 11.3 Å². The first-order chi connectivity index (χ1) is 10.5. The average Bonchev–Trinajstić information content (AvgIpc) is 2.84. The monoisotopic (exact) mass is 303 g/mol. The van der Waals surface area contributed by atoms with E-state index in [0.29, 0.717) is 5.92 Å². The van der Waals surface area contributed by atoms with Gasteiger partial charge in [0.15, 0.2) is 0 Å². The van der Waals surface area contributed by atoms with Crippen molar-refractivity contribution in [3.05, 3.63) is 39.9 Å². The van der Waals surface area contributed by atoms with E-state index in [1.165, 1.54) is 31.4 Å². The highest BCUT2D eigenvalue weighted by Gasteiger charge is 2.49. The molecule has 0 saturated heterocycles. The molecule has 0 spiro atoms. The molecule has 0 aromatic heterocycles. The zero-order valence-corrected chi connectivity index (χ0v) is 12.8.